The maximum atomic E-state index is 5.58. The zero-order valence-corrected chi connectivity index (χ0v) is 11.4. The lowest BCUT2D eigenvalue weighted by Gasteiger charge is -2.34. The van der Waals surface area contributed by atoms with Crippen LogP contribution in [0.25, 0.3) is 0 Å². The first-order valence-corrected chi connectivity index (χ1v) is 7.07. The van der Waals surface area contributed by atoms with Crippen LogP contribution in [0.3, 0.4) is 0 Å². The van der Waals surface area contributed by atoms with Crippen molar-refractivity contribution in [1.29, 1.82) is 0 Å². The summed E-state index contributed by atoms with van der Waals surface area (Å²) >= 11 is 0. The van der Waals surface area contributed by atoms with Gasteiger partial charge in [-0.05, 0) is 38.6 Å². The van der Waals surface area contributed by atoms with E-state index in [4.69, 9.17) is 9.15 Å². The topological polar surface area (TPSA) is 47.3 Å². The van der Waals surface area contributed by atoms with Crippen LogP contribution in [-0.4, -0.2) is 24.2 Å². The van der Waals surface area contributed by atoms with E-state index in [0.29, 0.717) is 12.0 Å². The van der Waals surface area contributed by atoms with Gasteiger partial charge in [0.25, 0.3) is 0 Å². The first kappa shape index (κ1) is 13.6. The van der Waals surface area contributed by atoms with Gasteiger partial charge in [-0.15, -0.1) is 0 Å². The molecule has 0 radical (unpaired) electrons. The van der Waals surface area contributed by atoms with Crippen LogP contribution in [0, 0.1) is 5.92 Å². The van der Waals surface area contributed by atoms with Gasteiger partial charge in [0.2, 0.25) is 0 Å². The summed E-state index contributed by atoms with van der Waals surface area (Å²) in [6, 6.07) is 0. The summed E-state index contributed by atoms with van der Waals surface area (Å²) < 4.78 is 11.1. The second-order valence-electron chi connectivity index (χ2n) is 5.02. The number of aromatic nitrogens is 1. The lowest BCUT2D eigenvalue weighted by atomic mass is 9.79. The maximum absolute atomic E-state index is 5.58. The molecular weight excluding hydrogens is 228 g/mol. The molecule has 2 rings (SSSR count). The van der Waals surface area contributed by atoms with Gasteiger partial charge in [0, 0.05) is 19.6 Å². The smallest absolute Gasteiger partial charge is 0.181 e. The standard InChI is InChI=1S/C14H24N2O2/c1-3-5-15-9-13-14(18-10-16-13)8-11-6-12(7-11)17-4-2/h10-12,15H,3-9H2,1-2H3. The van der Waals surface area contributed by atoms with Crippen LogP contribution in [-0.2, 0) is 17.7 Å². The minimum Gasteiger partial charge on any atom is -0.448 e. The molecule has 1 aliphatic carbocycles. The number of nitrogens with one attached hydrogen (secondary N) is 1. The van der Waals surface area contributed by atoms with Crippen molar-refractivity contribution in [3.8, 4) is 0 Å². The maximum Gasteiger partial charge on any atom is 0.181 e. The number of hydrogen-bond acceptors (Lipinski definition) is 4. The Morgan fingerprint density at radius 2 is 2.28 bits per heavy atom. The quantitative estimate of drug-likeness (QED) is 0.722. The van der Waals surface area contributed by atoms with Gasteiger partial charge in [-0.1, -0.05) is 6.92 Å². The van der Waals surface area contributed by atoms with Crippen molar-refractivity contribution in [3.05, 3.63) is 17.8 Å². The molecular formula is C14H24N2O2. The lowest BCUT2D eigenvalue weighted by Crippen LogP contribution is -2.32. The lowest BCUT2D eigenvalue weighted by molar-refractivity contribution is -0.0252. The molecule has 0 saturated heterocycles. The van der Waals surface area contributed by atoms with Crippen LogP contribution in [0.4, 0.5) is 0 Å². The highest BCUT2D eigenvalue weighted by Gasteiger charge is 2.30. The molecule has 1 aromatic rings. The molecule has 1 N–H and O–H groups in total. The summed E-state index contributed by atoms with van der Waals surface area (Å²) in [6.45, 7) is 6.90. The fraction of sp³-hybridized carbons (Fsp3) is 0.786. The second kappa shape index (κ2) is 6.90. The highest BCUT2D eigenvalue weighted by molar-refractivity contribution is 5.09. The van der Waals surface area contributed by atoms with E-state index in [-0.39, 0.29) is 0 Å². The van der Waals surface area contributed by atoms with Crippen molar-refractivity contribution in [2.75, 3.05) is 13.2 Å². The van der Waals surface area contributed by atoms with E-state index in [0.717, 1.165) is 56.8 Å². The van der Waals surface area contributed by atoms with Crippen molar-refractivity contribution in [2.45, 2.75) is 52.2 Å². The minimum absolute atomic E-state index is 0.476. The van der Waals surface area contributed by atoms with Crippen LogP contribution in [0.1, 0.15) is 44.6 Å². The van der Waals surface area contributed by atoms with Crippen LogP contribution < -0.4 is 5.32 Å². The normalized spacial score (nSPS) is 23.0. The molecule has 1 fully saturated rings. The third kappa shape index (κ3) is 3.56. The van der Waals surface area contributed by atoms with Gasteiger partial charge in [-0.3, -0.25) is 0 Å². The van der Waals surface area contributed by atoms with Crippen molar-refractivity contribution < 1.29 is 9.15 Å². The average molecular weight is 252 g/mol. The molecule has 0 amide bonds. The first-order chi connectivity index (χ1) is 8.83. The van der Waals surface area contributed by atoms with E-state index >= 15 is 0 Å². The Bertz CT molecular complexity index is 345. The summed E-state index contributed by atoms with van der Waals surface area (Å²) in [5, 5.41) is 3.37. The molecule has 0 atom stereocenters. The average Bonchev–Trinajstić information content (AvgIpc) is 2.74. The Kier molecular flexibility index (Phi) is 5.20. The molecule has 0 bridgehead atoms. The SMILES string of the molecule is CCCNCc1ncoc1CC1CC(OCC)C1. The number of rotatable bonds is 8. The Hall–Kier alpha value is -0.870. The largest absolute Gasteiger partial charge is 0.448 e. The zero-order chi connectivity index (χ0) is 12.8. The molecule has 18 heavy (non-hydrogen) atoms. The Morgan fingerprint density at radius 3 is 3.00 bits per heavy atom. The van der Waals surface area contributed by atoms with E-state index in [1.54, 1.807) is 6.39 Å². The summed E-state index contributed by atoms with van der Waals surface area (Å²) in [4.78, 5) is 4.29. The molecule has 1 saturated carbocycles. The molecule has 0 aromatic carbocycles. The Balaban J connectivity index is 1.74. The number of hydrogen-bond donors (Lipinski definition) is 1. The molecule has 0 aliphatic heterocycles. The van der Waals surface area contributed by atoms with E-state index in [1.807, 2.05) is 0 Å². The first-order valence-electron chi connectivity index (χ1n) is 7.07. The van der Waals surface area contributed by atoms with Gasteiger partial charge in [0.1, 0.15) is 5.76 Å². The van der Waals surface area contributed by atoms with Gasteiger partial charge in [0.15, 0.2) is 6.39 Å². The highest BCUT2D eigenvalue weighted by atomic mass is 16.5. The number of oxazole rings is 1. The predicted molar refractivity (Wildman–Crippen MR) is 70.3 cm³/mol. The number of nitrogens with zero attached hydrogens (tertiary/aromatic N) is 1. The Morgan fingerprint density at radius 1 is 1.44 bits per heavy atom. The molecule has 0 spiro atoms. The molecule has 4 nitrogen and oxygen atoms in total. The van der Waals surface area contributed by atoms with Gasteiger partial charge in [-0.25, -0.2) is 4.98 Å². The molecule has 1 aliphatic rings. The third-order valence-electron chi connectivity index (χ3n) is 3.51. The van der Waals surface area contributed by atoms with Crippen molar-refractivity contribution in [1.82, 2.24) is 10.3 Å². The fourth-order valence-electron chi connectivity index (χ4n) is 2.46. The van der Waals surface area contributed by atoms with E-state index in [1.165, 1.54) is 0 Å². The molecule has 1 aromatic heterocycles. The van der Waals surface area contributed by atoms with E-state index < -0.39 is 0 Å². The number of ether oxygens (including phenoxy) is 1. The van der Waals surface area contributed by atoms with Crippen LogP contribution in [0.2, 0.25) is 0 Å². The second-order valence-corrected chi connectivity index (χ2v) is 5.02. The van der Waals surface area contributed by atoms with E-state index in [2.05, 4.69) is 24.1 Å². The molecule has 1 heterocycles. The summed E-state index contributed by atoms with van der Waals surface area (Å²) in [6.07, 6.45) is 6.52. The van der Waals surface area contributed by atoms with Gasteiger partial charge in [-0.2, -0.15) is 0 Å². The minimum atomic E-state index is 0.476. The Labute approximate surface area is 109 Å². The van der Waals surface area contributed by atoms with Gasteiger partial charge < -0.3 is 14.5 Å². The van der Waals surface area contributed by atoms with Crippen molar-refractivity contribution in [2.24, 2.45) is 5.92 Å². The van der Waals surface area contributed by atoms with Crippen LogP contribution in [0.15, 0.2) is 10.8 Å². The van der Waals surface area contributed by atoms with Crippen molar-refractivity contribution >= 4 is 0 Å². The fourth-order valence-corrected chi connectivity index (χ4v) is 2.46. The van der Waals surface area contributed by atoms with Gasteiger partial charge >= 0.3 is 0 Å². The highest BCUT2D eigenvalue weighted by Crippen LogP contribution is 2.33. The molecule has 102 valence electrons. The van der Waals surface area contributed by atoms with Crippen molar-refractivity contribution in [3.63, 3.8) is 0 Å². The van der Waals surface area contributed by atoms with E-state index in [9.17, 15) is 0 Å². The van der Waals surface area contributed by atoms with Crippen LogP contribution >= 0.6 is 0 Å². The van der Waals surface area contributed by atoms with Gasteiger partial charge in [0.05, 0.1) is 11.8 Å². The predicted octanol–water partition coefficient (Wildman–Crippen LogP) is 2.53. The summed E-state index contributed by atoms with van der Waals surface area (Å²) in [7, 11) is 0. The molecule has 4 heteroatoms. The van der Waals surface area contributed by atoms with Crippen LogP contribution in [0.5, 0.6) is 0 Å². The third-order valence-corrected chi connectivity index (χ3v) is 3.51. The molecule has 0 unspecified atom stereocenters. The monoisotopic (exact) mass is 252 g/mol. The summed E-state index contributed by atoms with van der Waals surface area (Å²) in [5.41, 5.74) is 1.07. The summed E-state index contributed by atoms with van der Waals surface area (Å²) in [5.74, 6) is 1.76. The zero-order valence-electron chi connectivity index (χ0n) is 11.4.